The van der Waals surface area contributed by atoms with Gasteiger partial charge in [-0.25, -0.2) is 0 Å². The number of rotatable bonds is 11. The Morgan fingerprint density at radius 3 is 1.95 bits per heavy atom. The van der Waals surface area contributed by atoms with E-state index < -0.39 is 0 Å². The highest BCUT2D eigenvalue weighted by molar-refractivity contribution is 4.78. The lowest BCUT2D eigenvalue weighted by Gasteiger charge is -2.31. The highest BCUT2D eigenvalue weighted by atomic mass is 14.9. The minimum absolute atomic E-state index is 0.639. The molecule has 19 heavy (non-hydrogen) atoms. The van der Waals surface area contributed by atoms with Crippen molar-refractivity contribution >= 4 is 0 Å². The second-order valence-electron chi connectivity index (χ2n) is 6.78. The van der Waals surface area contributed by atoms with Crippen molar-refractivity contribution in [2.75, 3.05) is 0 Å². The molecule has 0 saturated carbocycles. The van der Waals surface area contributed by atoms with Crippen LogP contribution in [0, 0.1) is 17.8 Å². The molecule has 116 valence electrons. The Morgan fingerprint density at radius 2 is 1.47 bits per heavy atom. The molecule has 0 aromatic heterocycles. The second-order valence-corrected chi connectivity index (χ2v) is 6.78. The van der Waals surface area contributed by atoms with Crippen molar-refractivity contribution in [3.8, 4) is 0 Å². The molecule has 0 aliphatic rings. The zero-order valence-corrected chi connectivity index (χ0v) is 14.6. The van der Waals surface area contributed by atoms with E-state index >= 15 is 0 Å². The summed E-state index contributed by atoms with van der Waals surface area (Å²) in [7, 11) is 0. The van der Waals surface area contributed by atoms with Gasteiger partial charge < -0.3 is 5.32 Å². The third-order valence-corrected chi connectivity index (χ3v) is 5.01. The van der Waals surface area contributed by atoms with E-state index in [0.717, 1.165) is 17.8 Å². The molecule has 0 fully saturated rings. The first-order valence-corrected chi connectivity index (χ1v) is 8.72. The van der Waals surface area contributed by atoms with Gasteiger partial charge in [-0.2, -0.15) is 0 Å². The molecule has 0 aromatic carbocycles. The fraction of sp³-hybridized carbons (Fsp3) is 1.00. The Morgan fingerprint density at radius 1 is 0.842 bits per heavy atom. The zero-order chi connectivity index (χ0) is 14.8. The van der Waals surface area contributed by atoms with Crippen molar-refractivity contribution in [3.63, 3.8) is 0 Å². The molecule has 0 spiro atoms. The third-order valence-electron chi connectivity index (χ3n) is 5.01. The summed E-state index contributed by atoms with van der Waals surface area (Å²) in [6.45, 7) is 16.5. The molecule has 0 amide bonds. The van der Waals surface area contributed by atoms with E-state index in [1.807, 2.05) is 0 Å². The summed E-state index contributed by atoms with van der Waals surface area (Å²) in [5, 5.41) is 3.87. The van der Waals surface area contributed by atoms with Crippen molar-refractivity contribution in [3.05, 3.63) is 0 Å². The molecule has 0 aliphatic carbocycles. The van der Waals surface area contributed by atoms with Gasteiger partial charge in [0.15, 0.2) is 0 Å². The first kappa shape index (κ1) is 19.0. The minimum atomic E-state index is 0.639. The van der Waals surface area contributed by atoms with Gasteiger partial charge in [0.25, 0.3) is 0 Å². The van der Waals surface area contributed by atoms with E-state index in [-0.39, 0.29) is 0 Å². The Hall–Kier alpha value is -0.0400. The molecule has 1 heteroatoms. The Balaban J connectivity index is 4.16. The van der Waals surface area contributed by atoms with Crippen LogP contribution in [0.4, 0.5) is 0 Å². The number of hydrogen-bond donors (Lipinski definition) is 1. The van der Waals surface area contributed by atoms with Crippen LogP contribution < -0.4 is 5.32 Å². The van der Waals surface area contributed by atoms with Crippen LogP contribution in [-0.2, 0) is 0 Å². The molecule has 5 atom stereocenters. The van der Waals surface area contributed by atoms with Crippen molar-refractivity contribution in [1.82, 2.24) is 5.32 Å². The molecule has 0 saturated heterocycles. The van der Waals surface area contributed by atoms with Gasteiger partial charge >= 0.3 is 0 Å². The van der Waals surface area contributed by atoms with Crippen LogP contribution in [0.5, 0.6) is 0 Å². The Bertz CT molecular complexity index is 202. The van der Waals surface area contributed by atoms with Gasteiger partial charge in [-0.15, -0.1) is 0 Å². The van der Waals surface area contributed by atoms with Crippen LogP contribution in [-0.4, -0.2) is 12.1 Å². The molecule has 0 radical (unpaired) electrons. The zero-order valence-electron chi connectivity index (χ0n) is 14.6. The van der Waals surface area contributed by atoms with Crippen LogP contribution in [0.25, 0.3) is 0 Å². The molecular formula is C18H39N. The lowest BCUT2D eigenvalue weighted by molar-refractivity contribution is 0.258. The number of unbranched alkanes of at least 4 members (excludes halogenated alkanes) is 1. The highest BCUT2D eigenvalue weighted by Crippen LogP contribution is 2.21. The molecule has 0 rings (SSSR count). The quantitative estimate of drug-likeness (QED) is 0.511. The summed E-state index contributed by atoms with van der Waals surface area (Å²) in [5.41, 5.74) is 0. The molecule has 1 N–H and O–H groups in total. The Labute approximate surface area is 122 Å². The number of hydrogen-bond acceptors (Lipinski definition) is 1. The minimum Gasteiger partial charge on any atom is -0.311 e. The van der Waals surface area contributed by atoms with Gasteiger partial charge in [-0.3, -0.25) is 0 Å². The normalized spacial score (nSPS) is 19.7. The molecule has 0 aromatic rings. The maximum Gasteiger partial charge on any atom is 0.00694 e. The number of nitrogens with one attached hydrogen (secondary N) is 1. The summed E-state index contributed by atoms with van der Waals surface area (Å²) >= 11 is 0. The van der Waals surface area contributed by atoms with Crippen LogP contribution in [0.15, 0.2) is 0 Å². The van der Waals surface area contributed by atoms with Crippen molar-refractivity contribution in [1.29, 1.82) is 0 Å². The van der Waals surface area contributed by atoms with E-state index in [4.69, 9.17) is 0 Å². The maximum absolute atomic E-state index is 3.87. The second kappa shape index (κ2) is 10.7. The smallest absolute Gasteiger partial charge is 0.00694 e. The van der Waals surface area contributed by atoms with Crippen molar-refractivity contribution in [2.24, 2.45) is 17.8 Å². The van der Waals surface area contributed by atoms with Crippen LogP contribution in [0.2, 0.25) is 0 Å². The standard InChI is InChI=1S/C18H39N/c1-8-11-12-18(10-3)17(7)19-16(6)15(5)13-14(4)9-2/h14-19H,8-13H2,1-7H3. The van der Waals surface area contributed by atoms with Gasteiger partial charge in [0.05, 0.1) is 0 Å². The molecule has 0 heterocycles. The molecule has 1 nitrogen and oxygen atoms in total. The molecular weight excluding hydrogens is 230 g/mol. The first-order valence-electron chi connectivity index (χ1n) is 8.72. The van der Waals surface area contributed by atoms with E-state index in [2.05, 4.69) is 53.8 Å². The summed E-state index contributed by atoms with van der Waals surface area (Å²) in [4.78, 5) is 0. The van der Waals surface area contributed by atoms with E-state index in [1.165, 1.54) is 38.5 Å². The predicted molar refractivity (Wildman–Crippen MR) is 88.6 cm³/mol. The maximum atomic E-state index is 3.87. The summed E-state index contributed by atoms with van der Waals surface area (Å²) in [6, 6.07) is 1.30. The van der Waals surface area contributed by atoms with E-state index in [9.17, 15) is 0 Å². The molecule has 5 unspecified atom stereocenters. The third kappa shape index (κ3) is 7.97. The van der Waals surface area contributed by atoms with Crippen LogP contribution in [0.3, 0.4) is 0 Å². The SMILES string of the molecule is CCCCC(CC)C(C)NC(C)C(C)CC(C)CC. The van der Waals surface area contributed by atoms with Gasteiger partial charge in [-0.1, -0.05) is 60.3 Å². The Kier molecular flexibility index (Phi) is 10.7. The largest absolute Gasteiger partial charge is 0.311 e. The van der Waals surface area contributed by atoms with E-state index in [0.29, 0.717) is 12.1 Å². The monoisotopic (exact) mass is 269 g/mol. The predicted octanol–water partition coefficient (Wildman–Crippen LogP) is 5.64. The summed E-state index contributed by atoms with van der Waals surface area (Å²) in [6.07, 6.45) is 8.04. The summed E-state index contributed by atoms with van der Waals surface area (Å²) < 4.78 is 0. The van der Waals surface area contributed by atoms with Crippen molar-refractivity contribution < 1.29 is 0 Å². The summed E-state index contributed by atoms with van der Waals surface area (Å²) in [5.74, 6) is 2.48. The average Bonchev–Trinajstić information content (AvgIpc) is 2.39. The van der Waals surface area contributed by atoms with Gasteiger partial charge in [-0.05, 0) is 44.4 Å². The van der Waals surface area contributed by atoms with Gasteiger partial charge in [0, 0.05) is 12.1 Å². The van der Waals surface area contributed by atoms with E-state index in [1.54, 1.807) is 0 Å². The first-order chi connectivity index (χ1) is 8.96. The topological polar surface area (TPSA) is 12.0 Å². The van der Waals surface area contributed by atoms with Gasteiger partial charge in [0.1, 0.15) is 0 Å². The van der Waals surface area contributed by atoms with Gasteiger partial charge in [0.2, 0.25) is 0 Å². The fourth-order valence-electron chi connectivity index (χ4n) is 2.99. The average molecular weight is 270 g/mol. The van der Waals surface area contributed by atoms with Crippen LogP contribution in [0.1, 0.15) is 87.0 Å². The highest BCUT2D eigenvalue weighted by Gasteiger charge is 2.20. The lowest BCUT2D eigenvalue weighted by Crippen LogP contribution is -2.42. The molecule has 0 aliphatic heterocycles. The molecule has 0 bridgehead atoms. The van der Waals surface area contributed by atoms with Crippen LogP contribution >= 0.6 is 0 Å². The van der Waals surface area contributed by atoms with Crippen molar-refractivity contribution in [2.45, 2.75) is 99.1 Å². The fourth-order valence-corrected chi connectivity index (χ4v) is 2.99. The lowest BCUT2D eigenvalue weighted by atomic mass is 9.88.